The molecule has 0 aromatic heterocycles. The highest BCUT2D eigenvalue weighted by Gasteiger charge is 2.44. The topological polar surface area (TPSA) is 12.0 Å². The Morgan fingerprint density at radius 2 is 0.909 bits per heavy atom. The van der Waals surface area contributed by atoms with Gasteiger partial charge in [-0.3, -0.25) is 0 Å². The molecule has 22 heavy (non-hydrogen) atoms. The average Bonchev–Trinajstić information content (AvgIpc) is 2.62. The van der Waals surface area contributed by atoms with Crippen molar-refractivity contribution in [1.29, 1.82) is 0 Å². The molecule has 0 amide bonds. The lowest BCUT2D eigenvalue weighted by molar-refractivity contribution is 1.02. The lowest BCUT2D eigenvalue weighted by Gasteiger charge is -2.27. The molecule has 2 heteroatoms. The van der Waals surface area contributed by atoms with Gasteiger partial charge in [0, 0.05) is 6.54 Å². The van der Waals surface area contributed by atoms with Crippen molar-refractivity contribution in [2.45, 2.75) is 6.92 Å². The molecule has 0 saturated carbocycles. The van der Waals surface area contributed by atoms with Crippen molar-refractivity contribution in [2.75, 3.05) is 6.54 Å². The molecule has 0 unspecified atom stereocenters. The molecule has 3 aromatic rings. The van der Waals surface area contributed by atoms with Crippen molar-refractivity contribution >= 4 is 23.3 Å². The Morgan fingerprint density at radius 3 is 1.18 bits per heavy atom. The van der Waals surface area contributed by atoms with Gasteiger partial charge in [-0.15, -0.1) is 0 Å². The van der Waals surface area contributed by atoms with Crippen molar-refractivity contribution in [1.82, 2.24) is 5.09 Å². The van der Waals surface area contributed by atoms with Crippen LogP contribution in [0.2, 0.25) is 0 Å². The second-order valence-electron chi connectivity index (χ2n) is 5.19. The minimum absolute atomic E-state index is 0.937. The summed E-state index contributed by atoms with van der Waals surface area (Å²) < 4.78 is 0. The third-order valence-corrected chi connectivity index (χ3v) is 7.83. The van der Waals surface area contributed by atoms with Crippen molar-refractivity contribution in [2.24, 2.45) is 0 Å². The summed E-state index contributed by atoms with van der Waals surface area (Å²) in [7, 11) is -1.80. The predicted octanol–water partition coefficient (Wildman–Crippen LogP) is 3.51. The van der Waals surface area contributed by atoms with E-state index in [-0.39, 0.29) is 0 Å². The first-order valence-corrected chi connectivity index (χ1v) is 9.48. The number of hydrogen-bond acceptors (Lipinski definition) is 1. The second-order valence-corrected chi connectivity index (χ2v) is 8.40. The van der Waals surface area contributed by atoms with E-state index in [9.17, 15) is 0 Å². The summed E-state index contributed by atoms with van der Waals surface area (Å²) in [5, 5.41) is 7.97. The standard InChI is InChI=1S/C20H21NP/c1-2-21-22(18-12-6-3-7-13-18,19-14-8-4-9-15-19)20-16-10-5-11-17-20/h3-17,21H,2H2,1H3/q+1. The van der Waals surface area contributed by atoms with Crippen LogP contribution in [0.3, 0.4) is 0 Å². The van der Waals surface area contributed by atoms with E-state index in [0.717, 1.165) is 6.54 Å². The maximum atomic E-state index is 3.86. The molecular formula is C20H21NP+. The van der Waals surface area contributed by atoms with Gasteiger partial charge < -0.3 is 0 Å². The molecule has 110 valence electrons. The highest BCUT2D eigenvalue weighted by Crippen LogP contribution is 2.50. The van der Waals surface area contributed by atoms with Gasteiger partial charge in [0.2, 0.25) is 0 Å². The zero-order chi connectivity index (χ0) is 15.3. The van der Waals surface area contributed by atoms with E-state index < -0.39 is 7.41 Å². The van der Waals surface area contributed by atoms with Crippen molar-refractivity contribution in [3.63, 3.8) is 0 Å². The molecule has 0 aliphatic rings. The maximum Gasteiger partial charge on any atom is 0.178 e. The van der Waals surface area contributed by atoms with Gasteiger partial charge >= 0.3 is 0 Å². The Balaban J connectivity index is 2.29. The fourth-order valence-electron chi connectivity index (χ4n) is 2.91. The summed E-state index contributed by atoms with van der Waals surface area (Å²) >= 11 is 0. The van der Waals surface area contributed by atoms with Gasteiger partial charge in [0.1, 0.15) is 15.9 Å². The van der Waals surface area contributed by atoms with Gasteiger partial charge in [-0.25, -0.2) is 0 Å². The number of hydrogen-bond donors (Lipinski definition) is 1. The van der Waals surface area contributed by atoms with Crippen LogP contribution in [0.25, 0.3) is 0 Å². The first-order chi connectivity index (χ1) is 10.9. The Labute approximate surface area is 133 Å². The van der Waals surface area contributed by atoms with E-state index in [0.29, 0.717) is 0 Å². The van der Waals surface area contributed by atoms with E-state index in [1.54, 1.807) is 0 Å². The van der Waals surface area contributed by atoms with E-state index in [2.05, 4.69) is 103 Å². The number of benzene rings is 3. The second kappa shape index (κ2) is 6.87. The minimum Gasteiger partial charge on any atom is -0.179 e. The molecule has 0 fully saturated rings. The van der Waals surface area contributed by atoms with Crippen LogP contribution in [0, 0.1) is 0 Å². The molecule has 0 aliphatic carbocycles. The van der Waals surface area contributed by atoms with Gasteiger partial charge in [0.15, 0.2) is 7.41 Å². The largest absolute Gasteiger partial charge is 0.179 e. The lowest BCUT2D eigenvalue weighted by atomic mass is 10.4. The van der Waals surface area contributed by atoms with Gasteiger partial charge in [-0.2, -0.15) is 5.09 Å². The van der Waals surface area contributed by atoms with Crippen LogP contribution in [0.5, 0.6) is 0 Å². The van der Waals surface area contributed by atoms with Crippen LogP contribution in [-0.4, -0.2) is 6.54 Å². The maximum absolute atomic E-state index is 3.86. The monoisotopic (exact) mass is 306 g/mol. The van der Waals surface area contributed by atoms with Gasteiger partial charge in [0.05, 0.1) is 0 Å². The highest BCUT2D eigenvalue weighted by atomic mass is 31.2. The zero-order valence-electron chi connectivity index (χ0n) is 12.8. The Morgan fingerprint density at radius 1 is 0.591 bits per heavy atom. The molecule has 0 heterocycles. The third kappa shape index (κ3) is 2.70. The molecule has 0 aliphatic heterocycles. The quantitative estimate of drug-likeness (QED) is 0.711. The summed E-state index contributed by atoms with van der Waals surface area (Å²) in [6.45, 7) is 3.12. The first kappa shape index (κ1) is 15.0. The zero-order valence-corrected chi connectivity index (χ0v) is 13.7. The van der Waals surface area contributed by atoms with Crippen LogP contribution in [0.15, 0.2) is 91.0 Å². The summed E-state index contributed by atoms with van der Waals surface area (Å²) in [5.74, 6) is 0. The van der Waals surface area contributed by atoms with E-state index in [4.69, 9.17) is 0 Å². The highest BCUT2D eigenvalue weighted by molar-refractivity contribution is 7.94. The van der Waals surface area contributed by atoms with Gasteiger partial charge in [0.25, 0.3) is 0 Å². The Hall–Kier alpha value is -1.95. The molecular weight excluding hydrogens is 285 g/mol. The van der Waals surface area contributed by atoms with Crippen LogP contribution >= 0.6 is 7.41 Å². The summed E-state index contributed by atoms with van der Waals surface area (Å²) in [5.41, 5.74) is 0. The van der Waals surface area contributed by atoms with Crippen molar-refractivity contribution in [3.05, 3.63) is 91.0 Å². The predicted molar refractivity (Wildman–Crippen MR) is 98.8 cm³/mol. The summed E-state index contributed by atoms with van der Waals surface area (Å²) in [6.07, 6.45) is 0. The van der Waals surface area contributed by atoms with Crippen molar-refractivity contribution < 1.29 is 0 Å². The van der Waals surface area contributed by atoms with Crippen LogP contribution in [0.1, 0.15) is 6.92 Å². The molecule has 0 atom stereocenters. The van der Waals surface area contributed by atoms with E-state index in [1.165, 1.54) is 15.9 Å². The van der Waals surface area contributed by atoms with Crippen LogP contribution < -0.4 is 21.0 Å². The van der Waals surface area contributed by atoms with Crippen LogP contribution in [-0.2, 0) is 0 Å². The molecule has 0 spiro atoms. The van der Waals surface area contributed by atoms with Crippen LogP contribution in [0.4, 0.5) is 0 Å². The normalized spacial score (nSPS) is 11.3. The average molecular weight is 306 g/mol. The fourth-order valence-corrected chi connectivity index (χ4v) is 6.69. The molecule has 1 nitrogen and oxygen atoms in total. The van der Waals surface area contributed by atoms with E-state index >= 15 is 0 Å². The Kier molecular flexibility index (Phi) is 4.68. The number of nitrogens with one attached hydrogen (secondary N) is 1. The molecule has 0 radical (unpaired) electrons. The molecule has 0 saturated heterocycles. The number of rotatable bonds is 5. The third-order valence-electron chi connectivity index (χ3n) is 3.83. The van der Waals surface area contributed by atoms with Gasteiger partial charge in [-0.05, 0) is 43.3 Å². The summed E-state index contributed by atoms with van der Waals surface area (Å²) in [6, 6.07) is 32.5. The van der Waals surface area contributed by atoms with Gasteiger partial charge in [-0.1, -0.05) is 54.6 Å². The lowest BCUT2D eigenvalue weighted by Crippen LogP contribution is -2.40. The first-order valence-electron chi connectivity index (χ1n) is 7.69. The molecule has 0 bridgehead atoms. The molecule has 1 N–H and O–H groups in total. The minimum atomic E-state index is -1.80. The SMILES string of the molecule is CCN[P+](c1ccccc1)(c1ccccc1)c1ccccc1. The molecule has 3 aromatic carbocycles. The molecule has 3 rings (SSSR count). The van der Waals surface area contributed by atoms with Crippen molar-refractivity contribution in [3.8, 4) is 0 Å². The smallest absolute Gasteiger partial charge is 0.178 e. The van der Waals surface area contributed by atoms with E-state index in [1.807, 2.05) is 0 Å². The summed E-state index contributed by atoms with van der Waals surface area (Å²) in [4.78, 5) is 0. The Bertz CT molecular complexity index is 599. The fraction of sp³-hybridized carbons (Fsp3) is 0.100.